The Kier molecular flexibility index (Phi) is 7.02. The van der Waals surface area contributed by atoms with Gasteiger partial charge >= 0.3 is 0 Å². The molecule has 6 heteroatoms. The maximum Gasteiger partial charge on any atom is 0.134 e. The number of ether oxygens (including phenoxy) is 2. The minimum atomic E-state index is 0.173. The Morgan fingerprint density at radius 3 is 2.57 bits per heavy atom. The lowest BCUT2D eigenvalue weighted by Gasteiger charge is -2.36. The molecule has 2 aliphatic heterocycles. The molecule has 0 aliphatic carbocycles. The summed E-state index contributed by atoms with van der Waals surface area (Å²) in [5, 5.41) is 9.18. The van der Waals surface area contributed by atoms with Gasteiger partial charge in [-0.15, -0.1) is 0 Å². The largest absolute Gasteiger partial charge is 0.487 e. The molecule has 3 aromatic rings. The van der Waals surface area contributed by atoms with Crippen LogP contribution in [0.5, 0.6) is 11.5 Å². The first-order valence-electron chi connectivity index (χ1n) is 12.3. The highest BCUT2D eigenvalue weighted by Crippen LogP contribution is 2.38. The average molecular weight is 472 g/mol. The fraction of sp³-hybridized carbons (Fsp3) is 0.345. The first-order chi connectivity index (χ1) is 17.1. The van der Waals surface area contributed by atoms with E-state index in [-0.39, 0.29) is 12.5 Å². The van der Waals surface area contributed by atoms with Gasteiger partial charge in [0.1, 0.15) is 18.1 Å². The summed E-state index contributed by atoms with van der Waals surface area (Å²) < 4.78 is 12.0. The van der Waals surface area contributed by atoms with Gasteiger partial charge < -0.3 is 19.5 Å². The predicted molar refractivity (Wildman–Crippen MR) is 138 cm³/mol. The third kappa shape index (κ3) is 5.50. The number of nitrogens with zero attached hydrogens (tertiary/aromatic N) is 3. The molecule has 6 nitrogen and oxygen atoms in total. The molecule has 182 valence electrons. The molecule has 2 aromatic carbocycles. The molecule has 0 saturated carbocycles. The van der Waals surface area contributed by atoms with E-state index in [1.54, 1.807) is 6.26 Å². The van der Waals surface area contributed by atoms with Crippen molar-refractivity contribution in [3.8, 4) is 11.5 Å². The Labute approximate surface area is 207 Å². The summed E-state index contributed by atoms with van der Waals surface area (Å²) in [5.41, 5.74) is 6.72. The van der Waals surface area contributed by atoms with E-state index in [1.165, 1.54) is 16.8 Å². The van der Waals surface area contributed by atoms with Crippen molar-refractivity contribution in [3.05, 3.63) is 95.0 Å². The molecule has 1 fully saturated rings. The fourth-order valence-electron chi connectivity index (χ4n) is 4.83. The van der Waals surface area contributed by atoms with E-state index in [9.17, 15) is 5.11 Å². The summed E-state index contributed by atoms with van der Waals surface area (Å²) in [4.78, 5) is 9.38. The lowest BCUT2D eigenvalue weighted by Crippen LogP contribution is -2.47. The minimum absolute atomic E-state index is 0.173. The molecule has 0 amide bonds. The van der Waals surface area contributed by atoms with Gasteiger partial charge in [0.05, 0.1) is 18.6 Å². The summed E-state index contributed by atoms with van der Waals surface area (Å²) in [6, 6.07) is 19.0. The van der Waals surface area contributed by atoms with Crippen LogP contribution in [0.2, 0.25) is 0 Å². The monoisotopic (exact) mass is 471 g/mol. The molecule has 1 N–H and O–H groups in total. The number of hydrogen-bond donors (Lipinski definition) is 1. The van der Waals surface area contributed by atoms with Crippen molar-refractivity contribution in [1.29, 1.82) is 0 Å². The average Bonchev–Trinajstić information content (AvgIpc) is 2.88. The number of benzene rings is 2. The Balaban J connectivity index is 1.26. The maximum absolute atomic E-state index is 9.18. The summed E-state index contributed by atoms with van der Waals surface area (Å²) in [6.45, 7) is 9.30. The number of fused-ring (bicyclic) bond motifs is 1. The highest BCUT2D eigenvalue weighted by atomic mass is 16.5. The van der Waals surface area contributed by atoms with E-state index in [1.807, 2.05) is 19.1 Å². The van der Waals surface area contributed by atoms with E-state index in [0.29, 0.717) is 6.61 Å². The highest BCUT2D eigenvalue weighted by molar-refractivity contribution is 5.51. The molecule has 1 unspecified atom stereocenters. The molecular formula is C29H33N3O3. The quantitative estimate of drug-likeness (QED) is 0.550. The van der Waals surface area contributed by atoms with Crippen LogP contribution in [0, 0.1) is 13.8 Å². The van der Waals surface area contributed by atoms with Crippen LogP contribution in [0.15, 0.2) is 66.9 Å². The van der Waals surface area contributed by atoms with Gasteiger partial charge in [0.2, 0.25) is 0 Å². The number of pyridine rings is 1. The second-order valence-electron chi connectivity index (χ2n) is 9.33. The van der Waals surface area contributed by atoms with Gasteiger partial charge in [0.25, 0.3) is 0 Å². The van der Waals surface area contributed by atoms with Crippen molar-refractivity contribution in [1.82, 2.24) is 9.88 Å². The topological polar surface area (TPSA) is 58.1 Å². The molecule has 0 bridgehead atoms. The van der Waals surface area contributed by atoms with Crippen molar-refractivity contribution >= 4 is 5.69 Å². The second kappa shape index (κ2) is 10.5. The molecule has 1 aromatic heterocycles. The lowest BCUT2D eigenvalue weighted by molar-refractivity contribution is 0.189. The molecule has 3 heterocycles. The van der Waals surface area contributed by atoms with Gasteiger partial charge in [-0.2, -0.15) is 0 Å². The third-order valence-corrected chi connectivity index (χ3v) is 6.75. The van der Waals surface area contributed by atoms with E-state index in [4.69, 9.17) is 14.5 Å². The van der Waals surface area contributed by atoms with Gasteiger partial charge in [-0.05, 0) is 43.7 Å². The number of aliphatic hydroxyl groups excluding tert-OH is 1. The number of β-amino-alcohol motifs (C(OH)–C–C–N with tert-alkyl or cyclic N) is 1. The van der Waals surface area contributed by atoms with Crippen molar-refractivity contribution in [2.24, 2.45) is 0 Å². The van der Waals surface area contributed by atoms with E-state index >= 15 is 0 Å². The van der Waals surface area contributed by atoms with E-state index < -0.39 is 0 Å². The zero-order valence-electron chi connectivity index (χ0n) is 20.5. The fourth-order valence-corrected chi connectivity index (χ4v) is 4.83. The standard InChI is InChI=1S/C29H33N3O3/c1-21-3-5-23(6-4-21)27-9-16-34-29-19-26(7-8-28(27)29)35-20-24-18-25(17-22(2)30-24)32-12-10-31(11-13-32)14-15-33/h3-9,16-19,27,33H,10-15,20H2,1-2H3. The number of rotatable bonds is 7. The van der Waals surface area contributed by atoms with Crippen LogP contribution >= 0.6 is 0 Å². The second-order valence-corrected chi connectivity index (χ2v) is 9.33. The van der Waals surface area contributed by atoms with E-state index in [2.05, 4.69) is 65.3 Å². The third-order valence-electron chi connectivity index (χ3n) is 6.75. The Morgan fingerprint density at radius 2 is 1.80 bits per heavy atom. The molecule has 35 heavy (non-hydrogen) atoms. The normalized spacial score (nSPS) is 17.7. The first kappa shape index (κ1) is 23.4. The summed E-state index contributed by atoms with van der Waals surface area (Å²) in [6.07, 6.45) is 3.86. The number of piperazine rings is 1. The van der Waals surface area contributed by atoms with Gasteiger partial charge in [0.15, 0.2) is 0 Å². The van der Waals surface area contributed by atoms with E-state index in [0.717, 1.165) is 61.2 Å². The zero-order valence-corrected chi connectivity index (χ0v) is 20.5. The number of allylic oxidation sites excluding steroid dienone is 1. The molecule has 0 spiro atoms. The van der Waals surface area contributed by atoms with Crippen molar-refractivity contribution in [2.45, 2.75) is 26.4 Å². The Bertz CT molecular complexity index is 1180. The molecule has 1 saturated heterocycles. The van der Waals surface area contributed by atoms with Gasteiger partial charge in [-0.3, -0.25) is 9.88 Å². The number of aryl methyl sites for hydroxylation is 2. The molecule has 2 aliphatic rings. The van der Waals surface area contributed by atoms with Crippen molar-refractivity contribution < 1.29 is 14.6 Å². The van der Waals surface area contributed by atoms with Crippen LogP contribution in [-0.4, -0.2) is 54.3 Å². The first-order valence-corrected chi connectivity index (χ1v) is 12.3. The number of hydrogen-bond acceptors (Lipinski definition) is 6. The van der Waals surface area contributed by atoms with Crippen molar-refractivity contribution in [2.75, 3.05) is 44.2 Å². The molecular weight excluding hydrogens is 438 g/mol. The molecule has 1 atom stereocenters. The summed E-state index contributed by atoms with van der Waals surface area (Å²) in [7, 11) is 0. The van der Waals surface area contributed by atoms with Gasteiger partial charge in [-0.1, -0.05) is 35.9 Å². The van der Waals surface area contributed by atoms with Gasteiger partial charge in [-0.25, -0.2) is 0 Å². The molecule has 5 rings (SSSR count). The predicted octanol–water partition coefficient (Wildman–Crippen LogP) is 4.43. The lowest BCUT2D eigenvalue weighted by atomic mass is 9.89. The van der Waals surface area contributed by atoms with Crippen LogP contribution < -0.4 is 14.4 Å². The number of aromatic nitrogens is 1. The van der Waals surface area contributed by atoms with Crippen LogP contribution in [0.1, 0.15) is 34.0 Å². The van der Waals surface area contributed by atoms with Crippen LogP contribution in [0.3, 0.4) is 0 Å². The number of aliphatic hydroxyl groups is 1. The number of anilines is 1. The zero-order chi connectivity index (χ0) is 24.2. The van der Waals surface area contributed by atoms with Crippen LogP contribution in [-0.2, 0) is 6.61 Å². The Morgan fingerprint density at radius 1 is 1.00 bits per heavy atom. The molecule has 0 radical (unpaired) electrons. The summed E-state index contributed by atoms with van der Waals surface area (Å²) in [5.74, 6) is 1.77. The van der Waals surface area contributed by atoms with Crippen LogP contribution in [0.25, 0.3) is 0 Å². The van der Waals surface area contributed by atoms with Gasteiger partial charge in [0, 0.05) is 61.7 Å². The summed E-state index contributed by atoms with van der Waals surface area (Å²) >= 11 is 0. The smallest absolute Gasteiger partial charge is 0.134 e. The minimum Gasteiger partial charge on any atom is -0.487 e. The van der Waals surface area contributed by atoms with Crippen molar-refractivity contribution in [3.63, 3.8) is 0 Å². The highest BCUT2D eigenvalue weighted by Gasteiger charge is 2.21. The van der Waals surface area contributed by atoms with Crippen LogP contribution in [0.4, 0.5) is 5.69 Å². The maximum atomic E-state index is 9.18. The SMILES string of the molecule is Cc1ccc(C2C=COc3cc(OCc4cc(N5CCN(CCO)CC5)cc(C)n4)ccc32)cc1. The Hall–Kier alpha value is -3.35.